The predicted molar refractivity (Wildman–Crippen MR) is 134 cm³/mol. The monoisotopic (exact) mass is 512 g/mol. The zero-order valence-corrected chi connectivity index (χ0v) is 21.5. The van der Waals surface area contributed by atoms with Crippen molar-refractivity contribution in [1.29, 1.82) is 0 Å². The van der Waals surface area contributed by atoms with Gasteiger partial charge in [0.15, 0.2) is 4.71 Å². The zero-order valence-electron chi connectivity index (χ0n) is 19.0. The van der Waals surface area contributed by atoms with E-state index in [1.165, 1.54) is 36.4 Å². The van der Waals surface area contributed by atoms with E-state index in [1.807, 2.05) is 20.8 Å². The van der Waals surface area contributed by atoms with Gasteiger partial charge in [-0.05, 0) is 74.4 Å². The van der Waals surface area contributed by atoms with Crippen LogP contribution in [-0.4, -0.2) is 16.8 Å². The van der Waals surface area contributed by atoms with Crippen molar-refractivity contribution in [3.63, 3.8) is 0 Å². The van der Waals surface area contributed by atoms with Crippen LogP contribution in [0.4, 0.5) is 0 Å². The predicted octanol–water partition coefficient (Wildman–Crippen LogP) is 6.40. The van der Waals surface area contributed by atoms with E-state index in [-0.39, 0.29) is 29.9 Å². The van der Waals surface area contributed by atoms with E-state index >= 15 is 0 Å². The molecule has 0 amide bonds. The summed E-state index contributed by atoms with van der Waals surface area (Å²) in [4.78, 5) is -0.128. The van der Waals surface area contributed by atoms with Gasteiger partial charge in [0.1, 0.15) is 5.58 Å². The molecule has 34 heavy (non-hydrogen) atoms. The van der Waals surface area contributed by atoms with Crippen molar-refractivity contribution in [3.05, 3.63) is 88.1 Å². The first kappa shape index (κ1) is 24.3. The molecule has 176 valence electrons. The molecule has 8 heteroatoms. The number of hydrogen-bond acceptors (Lipinski definition) is 6. The maximum atomic E-state index is 13.8. The van der Waals surface area contributed by atoms with E-state index in [0.29, 0.717) is 17.4 Å². The smallest absolute Gasteiger partial charge is 0.207 e. The molecular weight excluding hydrogens is 488 g/mol. The molecule has 1 heterocycles. The quantitative estimate of drug-likeness (QED) is 0.278. The highest BCUT2D eigenvalue weighted by molar-refractivity contribution is 7.92. The van der Waals surface area contributed by atoms with Crippen LogP contribution >= 0.6 is 12.2 Å². The van der Waals surface area contributed by atoms with Gasteiger partial charge in [-0.25, -0.2) is 16.8 Å². The van der Waals surface area contributed by atoms with Gasteiger partial charge in [-0.3, -0.25) is 0 Å². The molecule has 1 aromatic heterocycles. The zero-order chi connectivity index (χ0) is 24.7. The Hall–Kier alpha value is -2.81. The normalized spacial score (nSPS) is 12.2. The number of aryl methyl sites for hydroxylation is 3. The number of sulfone groups is 2. The van der Waals surface area contributed by atoms with Gasteiger partial charge >= 0.3 is 0 Å². The molecule has 0 aliphatic rings. The molecule has 0 bridgehead atoms. The maximum Gasteiger partial charge on any atom is 0.207 e. The van der Waals surface area contributed by atoms with Crippen LogP contribution in [0.2, 0.25) is 0 Å². The van der Waals surface area contributed by atoms with E-state index in [1.54, 1.807) is 30.3 Å². The first-order chi connectivity index (χ1) is 16.0. The molecule has 0 fully saturated rings. The van der Waals surface area contributed by atoms with Crippen molar-refractivity contribution in [2.24, 2.45) is 0 Å². The van der Waals surface area contributed by atoms with E-state index in [2.05, 4.69) is 0 Å². The minimum Gasteiger partial charge on any atom is -0.445 e. The second-order valence-corrected chi connectivity index (χ2v) is 12.5. The topological polar surface area (TPSA) is 81.4 Å². The molecule has 3 aromatic carbocycles. The van der Waals surface area contributed by atoms with Crippen molar-refractivity contribution in [3.8, 4) is 0 Å². The molecule has 4 aromatic rings. The Labute approximate surface area is 204 Å². The summed E-state index contributed by atoms with van der Waals surface area (Å²) < 4.78 is 60.4. The average molecular weight is 513 g/mol. The molecule has 5 nitrogen and oxygen atoms in total. The third-order valence-corrected chi connectivity index (χ3v) is 9.39. The van der Waals surface area contributed by atoms with E-state index in [0.717, 1.165) is 17.5 Å². The van der Waals surface area contributed by atoms with Crippen LogP contribution in [0.25, 0.3) is 11.0 Å². The van der Waals surface area contributed by atoms with Crippen LogP contribution < -0.4 is 0 Å². The second-order valence-electron chi connectivity index (χ2n) is 8.27. The Bertz CT molecular complexity index is 1650. The molecule has 0 aliphatic carbocycles. The van der Waals surface area contributed by atoms with Crippen LogP contribution in [-0.2, 0) is 26.1 Å². The van der Waals surface area contributed by atoms with Gasteiger partial charge in [0.2, 0.25) is 19.7 Å². The fourth-order valence-corrected chi connectivity index (χ4v) is 6.99. The Morgan fingerprint density at radius 3 is 1.79 bits per heavy atom. The number of fused-ring (bicyclic) bond motifs is 1. The summed E-state index contributed by atoms with van der Waals surface area (Å²) >= 11 is 5.26. The van der Waals surface area contributed by atoms with Crippen molar-refractivity contribution in [2.45, 2.75) is 53.2 Å². The summed E-state index contributed by atoms with van der Waals surface area (Å²) in [6, 6.07) is 17.1. The van der Waals surface area contributed by atoms with Crippen LogP contribution in [0.1, 0.15) is 30.0 Å². The van der Waals surface area contributed by atoms with Crippen LogP contribution in [0, 0.1) is 18.6 Å². The van der Waals surface area contributed by atoms with Gasteiger partial charge in [-0.1, -0.05) is 48.7 Å². The second kappa shape index (κ2) is 9.09. The summed E-state index contributed by atoms with van der Waals surface area (Å²) in [6.45, 7) is 5.70. The molecule has 4 rings (SSSR count). The lowest BCUT2D eigenvalue weighted by Crippen LogP contribution is -2.08. The minimum absolute atomic E-state index is 0.0689. The first-order valence-electron chi connectivity index (χ1n) is 10.8. The summed E-state index contributed by atoms with van der Waals surface area (Å²) in [5, 5.41) is 0.360. The Kier molecular flexibility index (Phi) is 6.50. The standard InChI is InChI=1S/C26H24O5S3/c1-4-5-19-14-25(32)31-23-15-22(33(27,28)20-10-6-17(2)7-11-20)16-24(26(19)23)34(29,30)21-12-8-18(3)9-13-21/h6-16H,4-5H2,1-3H3. The Morgan fingerprint density at radius 1 is 0.735 bits per heavy atom. The molecule has 0 unspecified atom stereocenters. The number of benzene rings is 3. The molecule has 0 radical (unpaired) electrons. The lowest BCUT2D eigenvalue weighted by molar-refractivity contribution is 0.576. The van der Waals surface area contributed by atoms with Crippen LogP contribution in [0.3, 0.4) is 0 Å². The highest BCUT2D eigenvalue weighted by Gasteiger charge is 2.28. The largest absolute Gasteiger partial charge is 0.445 e. The highest BCUT2D eigenvalue weighted by Crippen LogP contribution is 2.36. The van der Waals surface area contributed by atoms with Gasteiger partial charge < -0.3 is 4.42 Å². The molecule has 0 saturated heterocycles. The van der Waals surface area contributed by atoms with Crippen molar-refractivity contribution in [2.75, 3.05) is 0 Å². The highest BCUT2D eigenvalue weighted by atomic mass is 32.2. The average Bonchev–Trinajstić information content (AvgIpc) is 2.79. The summed E-state index contributed by atoms with van der Waals surface area (Å²) in [7, 11) is -8.08. The number of rotatable bonds is 6. The van der Waals surface area contributed by atoms with Crippen LogP contribution in [0.5, 0.6) is 0 Å². The lowest BCUT2D eigenvalue weighted by atomic mass is 10.1. The van der Waals surface area contributed by atoms with Gasteiger partial charge in [0.05, 0.1) is 19.6 Å². The summed E-state index contributed by atoms with van der Waals surface area (Å²) in [6.07, 6.45) is 1.32. The van der Waals surface area contributed by atoms with Crippen LogP contribution in [0.15, 0.2) is 90.7 Å². The fraction of sp³-hybridized carbons (Fsp3) is 0.192. The Balaban J connectivity index is 2.09. The Morgan fingerprint density at radius 2 is 1.26 bits per heavy atom. The molecule has 0 saturated carbocycles. The SMILES string of the molecule is CCCc1cc(=S)oc2cc(S(=O)(=O)c3ccc(C)cc3)cc(S(=O)(=O)c3ccc(C)cc3)c12. The van der Waals surface area contributed by atoms with Crippen molar-refractivity contribution >= 4 is 42.9 Å². The van der Waals surface area contributed by atoms with Gasteiger partial charge in [0.25, 0.3) is 0 Å². The third kappa shape index (κ3) is 4.45. The van der Waals surface area contributed by atoms with Crippen molar-refractivity contribution < 1.29 is 21.3 Å². The molecular formula is C26H24O5S3. The first-order valence-corrected chi connectivity index (χ1v) is 14.2. The maximum absolute atomic E-state index is 13.8. The van der Waals surface area contributed by atoms with Crippen molar-refractivity contribution in [1.82, 2.24) is 0 Å². The summed E-state index contributed by atoms with van der Waals surface area (Å²) in [5.74, 6) is 0. The van der Waals surface area contributed by atoms with E-state index < -0.39 is 19.7 Å². The molecule has 0 aliphatic heterocycles. The third-order valence-electron chi connectivity index (χ3n) is 5.64. The minimum atomic E-state index is -4.07. The van der Waals surface area contributed by atoms with Gasteiger partial charge in [-0.2, -0.15) is 0 Å². The molecule has 0 spiro atoms. The fourth-order valence-electron chi connectivity index (χ4n) is 3.85. The number of hydrogen-bond donors (Lipinski definition) is 0. The van der Waals surface area contributed by atoms with E-state index in [9.17, 15) is 16.8 Å². The molecule has 0 atom stereocenters. The lowest BCUT2D eigenvalue weighted by Gasteiger charge is -2.14. The van der Waals surface area contributed by atoms with E-state index in [4.69, 9.17) is 16.6 Å². The summed E-state index contributed by atoms with van der Waals surface area (Å²) in [5.41, 5.74) is 2.67. The van der Waals surface area contributed by atoms with Gasteiger partial charge in [-0.15, -0.1) is 0 Å². The van der Waals surface area contributed by atoms with Gasteiger partial charge in [0, 0.05) is 11.5 Å². The molecule has 0 N–H and O–H groups in total.